The van der Waals surface area contributed by atoms with Crippen molar-refractivity contribution in [1.82, 2.24) is 19.9 Å². The SMILES string of the molecule is [C-]#[N+]c1cnc(Oc2ccccc2)nc1-c1c[nH]c2ncc(C(F)(F)F)cc12. The number of ether oxygens (including phenoxy) is 1. The van der Waals surface area contributed by atoms with Crippen molar-refractivity contribution in [3.63, 3.8) is 0 Å². The zero-order valence-electron chi connectivity index (χ0n) is 14.0. The number of alkyl halides is 3. The summed E-state index contributed by atoms with van der Waals surface area (Å²) in [5, 5.41) is 0.198. The zero-order chi connectivity index (χ0) is 19.7. The predicted octanol–water partition coefficient (Wildman–Crippen LogP) is 5.38. The van der Waals surface area contributed by atoms with Crippen LogP contribution in [0, 0.1) is 6.57 Å². The molecule has 9 heteroatoms. The lowest BCUT2D eigenvalue weighted by molar-refractivity contribution is -0.137. The molecule has 0 bridgehead atoms. The summed E-state index contributed by atoms with van der Waals surface area (Å²) in [6.07, 6.45) is -1.05. The topological polar surface area (TPSA) is 68.1 Å². The van der Waals surface area contributed by atoms with Crippen LogP contribution in [-0.4, -0.2) is 19.9 Å². The van der Waals surface area contributed by atoms with Crippen LogP contribution >= 0.6 is 0 Å². The fraction of sp³-hybridized carbons (Fsp3) is 0.0526. The highest BCUT2D eigenvalue weighted by Crippen LogP contribution is 2.37. The molecule has 0 atom stereocenters. The molecule has 0 saturated carbocycles. The zero-order valence-corrected chi connectivity index (χ0v) is 14.0. The van der Waals surface area contributed by atoms with Crippen molar-refractivity contribution < 1.29 is 17.9 Å². The molecule has 4 aromatic rings. The summed E-state index contributed by atoms with van der Waals surface area (Å²) in [7, 11) is 0. The molecule has 0 unspecified atom stereocenters. The maximum Gasteiger partial charge on any atom is 0.417 e. The van der Waals surface area contributed by atoms with E-state index in [1.165, 1.54) is 12.4 Å². The number of aromatic nitrogens is 4. The molecule has 0 aliphatic carbocycles. The highest BCUT2D eigenvalue weighted by Gasteiger charge is 2.31. The van der Waals surface area contributed by atoms with Gasteiger partial charge in [-0.15, -0.1) is 0 Å². The van der Waals surface area contributed by atoms with Gasteiger partial charge in [-0.05, 0) is 18.2 Å². The molecule has 28 heavy (non-hydrogen) atoms. The van der Waals surface area contributed by atoms with Gasteiger partial charge in [0.05, 0.1) is 17.8 Å². The van der Waals surface area contributed by atoms with Crippen LogP contribution in [0.5, 0.6) is 11.8 Å². The van der Waals surface area contributed by atoms with Gasteiger partial charge >= 0.3 is 12.2 Å². The standard InChI is InChI=1S/C19H10F3N5O/c1-23-15-10-26-18(28-12-5-3-2-4-6-12)27-16(15)14-9-25-17-13(14)7-11(8-24-17)19(20,21)22/h2-10H,(H,24,25). The van der Waals surface area contributed by atoms with E-state index < -0.39 is 11.7 Å². The van der Waals surface area contributed by atoms with Crippen LogP contribution < -0.4 is 4.74 Å². The Labute approximate surface area is 156 Å². The van der Waals surface area contributed by atoms with E-state index >= 15 is 0 Å². The van der Waals surface area contributed by atoms with E-state index in [9.17, 15) is 13.2 Å². The van der Waals surface area contributed by atoms with Crippen LogP contribution in [0.15, 0.2) is 55.0 Å². The lowest BCUT2D eigenvalue weighted by Gasteiger charge is -2.08. The monoisotopic (exact) mass is 381 g/mol. The second-order valence-electron chi connectivity index (χ2n) is 5.73. The first-order valence-corrected chi connectivity index (χ1v) is 7.98. The van der Waals surface area contributed by atoms with Gasteiger partial charge in [-0.25, -0.2) is 19.8 Å². The number of nitrogens with one attached hydrogen (secondary N) is 1. The molecule has 3 aromatic heterocycles. The summed E-state index contributed by atoms with van der Waals surface area (Å²) in [4.78, 5) is 18.2. The highest BCUT2D eigenvalue weighted by molar-refractivity contribution is 5.96. The van der Waals surface area contributed by atoms with Crippen LogP contribution in [0.3, 0.4) is 0 Å². The van der Waals surface area contributed by atoms with Crippen molar-refractivity contribution in [3.8, 4) is 23.0 Å². The Kier molecular flexibility index (Phi) is 4.16. The van der Waals surface area contributed by atoms with Gasteiger partial charge in [0, 0.05) is 29.5 Å². The smallest absolute Gasteiger partial charge is 0.417 e. The lowest BCUT2D eigenvalue weighted by Crippen LogP contribution is -2.05. The molecule has 0 aliphatic rings. The van der Waals surface area contributed by atoms with Crippen molar-refractivity contribution in [3.05, 3.63) is 72.0 Å². The van der Waals surface area contributed by atoms with Crippen molar-refractivity contribution in [1.29, 1.82) is 0 Å². The third-order valence-corrected chi connectivity index (χ3v) is 3.93. The van der Waals surface area contributed by atoms with Crippen molar-refractivity contribution in [2.75, 3.05) is 0 Å². The average Bonchev–Trinajstić information content (AvgIpc) is 3.11. The van der Waals surface area contributed by atoms with Gasteiger partial charge in [-0.1, -0.05) is 18.2 Å². The van der Waals surface area contributed by atoms with Crippen molar-refractivity contribution >= 4 is 16.7 Å². The number of hydrogen-bond donors (Lipinski definition) is 1. The molecule has 0 fully saturated rings. The fourth-order valence-corrected chi connectivity index (χ4v) is 2.64. The number of aromatic amines is 1. The van der Waals surface area contributed by atoms with E-state index in [0.29, 0.717) is 11.3 Å². The molecule has 0 aliphatic heterocycles. The summed E-state index contributed by atoms with van der Waals surface area (Å²) in [6, 6.07) is 9.72. The Hall–Kier alpha value is -3.93. The molecular formula is C19H10F3N5O. The minimum absolute atomic E-state index is 0.0251. The molecule has 6 nitrogen and oxygen atoms in total. The van der Waals surface area contributed by atoms with Gasteiger partial charge < -0.3 is 9.72 Å². The summed E-state index contributed by atoms with van der Waals surface area (Å²) in [5.74, 6) is 0.490. The number of benzene rings is 1. The summed E-state index contributed by atoms with van der Waals surface area (Å²) in [6.45, 7) is 7.33. The van der Waals surface area contributed by atoms with E-state index in [4.69, 9.17) is 11.3 Å². The van der Waals surface area contributed by atoms with Gasteiger partial charge in [0.25, 0.3) is 0 Å². The summed E-state index contributed by atoms with van der Waals surface area (Å²) >= 11 is 0. The molecule has 1 aromatic carbocycles. The first-order valence-electron chi connectivity index (χ1n) is 7.98. The maximum atomic E-state index is 13.1. The van der Waals surface area contributed by atoms with Crippen LogP contribution in [0.1, 0.15) is 5.56 Å². The third kappa shape index (κ3) is 3.23. The number of nitrogens with zero attached hydrogens (tertiary/aromatic N) is 4. The summed E-state index contributed by atoms with van der Waals surface area (Å²) in [5.41, 5.74) is -0.0926. The Bertz CT molecular complexity index is 1200. The van der Waals surface area contributed by atoms with E-state index in [1.54, 1.807) is 24.3 Å². The Morgan fingerprint density at radius 2 is 1.86 bits per heavy atom. The minimum Gasteiger partial charge on any atom is -0.424 e. The predicted molar refractivity (Wildman–Crippen MR) is 94.9 cm³/mol. The fourth-order valence-electron chi connectivity index (χ4n) is 2.64. The normalized spacial score (nSPS) is 11.4. The lowest BCUT2D eigenvalue weighted by atomic mass is 10.1. The number of para-hydroxylation sites is 1. The first-order chi connectivity index (χ1) is 13.5. The van der Waals surface area contributed by atoms with Crippen LogP contribution in [0.4, 0.5) is 18.9 Å². The molecule has 1 N–H and O–H groups in total. The van der Waals surface area contributed by atoms with Crippen molar-refractivity contribution in [2.24, 2.45) is 0 Å². The number of pyridine rings is 1. The molecular weight excluding hydrogens is 371 g/mol. The van der Waals surface area contributed by atoms with E-state index in [2.05, 4.69) is 24.8 Å². The van der Waals surface area contributed by atoms with Gasteiger partial charge in [0.2, 0.25) is 5.69 Å². The summed E-state index contributed by atoms with van der Waals surface area (Å²) < 4.78 is 44.8. The first kappa shape index (κ1) is 17.5. The molecule has 0 amide bonds. The van der Waals surface area contributed by atoms with Crippen LogP contribution in [-0.2, 0) is 6.18 Å². The number of halogens is 3. The molecule has 0 spiro atoms. The highest BCUT2D eigenvalue weighted by atomic mass is 19.4. The molecule has 4 rings (SSSR count). The second-order valence-corrected chi connectivity index (χ2v) is 5.73. The number of hydrogen-bond acceptors (Lipinski definition) is 4. The van der Waals surface area contributed by atoms with E-state index in [0.717, 1.165) is 12.3 Å². The van der Waals surface area contributed by atoms with Crippen molar-refractivity contribution in [2.45, 2.75) is 6.18 Å². The second kappa shape index (κ2) is 6.66. The van der Waals surface area contributed by atoms with Crippen LogP contribution in [0.25, 0.3) is 27.1 Å². The number of H-pyrrole nitrogens is 1. The molecule has 0 saturated heterocycles. The largest absolute Gasteiger partial charge is 0.424 e. The van der Waals surface area contributed by atoms with Gasteiger partial charge in [-0.2, -0.15) is 13.2 Å². The van der Waals surface area contributed by atoms with Gasteiger partial charge in [0.1, 0.15) is 11.4 Å². The maximum absolute atomic E-state index is 13.1. The quantitative estimate of drug-likeness (QED) is 0.484. The van der Waals surface area contributed by atoms with Gasteiger partial charge in [0.15, 0.2) is 0 Å². The third-order valence-electron chi connectivity index (χ3n) is 3.93. The molecule has 3 heterocycles. The molecule has 138 valence electrons. The van der Waals surface area contributed by atoms with Gasteiger partial charge in [-0.3, -0.25) is 0 Å². The Morgan fingerprint density at radius 1 is 1.07 bits per heavy atom. The van der Waals surface area contributed by atoms with Crippen LogP contribution in [0.2, 0.25) is 0 Å². The Morgan fingerprint density at radius 3 is 2.57 bits per heavy atom. The molecule has 0 radical (unpaired) electrons. The Balaban J connectivity index is 1.84. The van der Waals surface area contributed by atoms with E-state index in [-0.39, 0.29) is 28.4 Å². The average molecular weight is 381 g/mol. The minimum atomic E-state index is -4.54. The number of rotatable bonds is 3. The van der Waals surface area contributed by atoms with E-state index in [1.807, 2.05) is 6.07 Å². The number of fused-ring (bicyclic) bond motifs is 1.